The first-order chi connectivity index (χ1) is 12.7. The van der Waals surface area contributed by atoms with Gasteiger partial charge in [0.1, 0.15) is 11.6 Å². The SMILES string of the molecule is OC1CN(c2cnccn2)CC2(CCN(C/C=C/c3ccco3)CC2)C1. The zero-order valence-electron chi connectivity index (χ0n) is 15.0. The highest BCUT2D eigenvalue weighted by Gasteiger charge is 2.41. The van der Waals surface area contributed by atoms with Gasteiger partial charge in [-0.2, -0.15) is 0 Å². The molecule has 6 heteroatoms. The zero-order valence-corrected chi connectivity index (χ0v) is 15.0. The van der Waals surface area contributed by atoms with Crippen molar-refractivity contribution in [1.82, 2.24) is 14.9 Å². The number of hydrogen-bond acceptors (Lipinski definition) is 6. The molecule has 138 valence electrons. The van der Waals surface area contributed by atoms with E-state index in [1.807, 2.05) is 18.2 Å². The minimum Gasteiger partial charge on any atom is -0.465 e. The van der Waals surface area contributed by atoms with Crippen LogP contribution in [-0.2, 0) is 0 Å². The molecule has 0 bridgehead atoms. The number of aliphatic hydroxyl groups is 1. The monoisotopic (exact) mass is 354 g/mol. The number of likely N-dealkylation sites (tertiary alicyclic amines) is 1. The van der Waals surface area contributed by atoms with Crippen molar-refractivity contribution in [1.29, 1.82) is 0 Å². The van der Waals surface area contributed by atoms with Gasteiger partial charge in [0.2, 0.25) is 0 Å². The Morgan fingerprint density at radius 3 is 2.92 bits per heavy atom. The van der Waals surface area contributed by atoms with Crippen LogP contribution in [0.5, 0.6) is 0 Å². The third-order valence-corrected chi connectivity index (χ3v) is 5.61. The van der Waals surface area contributed by atoms with Crippen LogP contribution in [0.3, 0.4) is 0 Å². The molecule has 6 nitrogen and oxygen atoms in total. The van der Waals surface area contributed by atoms with E-state index in [4.69, 9.17) is 4.42 Å². The second kappa shape index (κ2) is 7.60. The molecule has 0 radical (unpaired) electrons. The van der Waals surface area contributed by atoms with Gasteiger partial charge in [-0.25, -0.2) is 4.98 Å². The second-order valence-electron chi connectivity index (χ2n) is 7.52. The molecule has 1 spiro atoms. The maximum absolute atomic E-state index is 10.4. The van der Waals surface area contributed by atoms with Crippen molar-refractivity contribution < 1.29 is 9.52 Å². The van der Waals surface area contributed by atoms with Crippen LogP contribution in [0.1, 0.15) is 25.0 Å². The number of nitrogens with zero attached hydrogens (tertiary/aromatic N) is 4. The van der Waals surface area contributed by atoms with Crippen molar-refractivity contribution in [2.45, 2.75) is 25.4 Å². The summed E-state index contributed by atoms with van der Waals surface area (Å²) in [6.07, 6.45) is 13.9. The van der Waals surface area contributed by atoms with Crippen molar-refractivity contribution in [3.63, 3.8) is 0 Å². The summed E-state index contributed by atoms with van der Waals surface area (Å²) in [7, 11) is 0. The molecule has 1 atom stereocenters. The molecular weight excluding hydrogens is 328 g/mol. The topological polar surface area (TPSA) is 65.6 Å². The number of hydrogen-bond donors (Lipinski definition) is 1. The summed E-state index contributed by atoms with van der Waals surface area (Å²) in [6, 6.07) is 3.87. The molecule has 0 amide bonds. The molecule has 2 aromatic heterocycles. The van der Waals surface area contributed by atoms with Crippen molar-refractivity contribution in [3.05, 3.63) is 48.8 Å². The van der Waals surface area contributed by atoms with Gasteiger partial charge in [0.25, 0.3) is 0 Å². The second-order valence-corrected chi connectivity index (χ2v) is 7.52. The van der Waals surface area contributed by atoms with E-state index in [1.54, 1.807) is 24.9 Å². The van der Waals surface area contributed by atoms with Crippen LogP contribution in [0.25, 0.3) is 6.08 Å². The van der Waals surface area contributed by atoms with Gasteiger partial charge in [0.15, 0.2) is 0 Å². The van der Waals surface area contributed by atoms with Gasteiger partial charge in [0.05, 0.1) is 18.6 Å². The Morgan fingerprint density at radius 1 is 1.31 bits per heavy atom. The number of furan rings is 1. The van der Waals surface area contributed by atoms with Gasteiger partial charge in [-0.05, 0) is 56.0 Å². The first kappa shape index (κ1) is 17.2. The average molecular weight is 354 g/mol. The highest BCUT2D eigenvalue weighted by Crippen LogP contribution is 2.40. The largest absolute Gasteiger partial charge is 0.465 e. The molecule has 26 heavy (non-hydrogen) atoms. The number of β-amino-alcohol motifs (C(OH)–C–C–N with tert-alkyl or cyclic N) is 1. The summed E-state index contributed by atoms with van der Waals surface area (Å²) in [4.78, 5) is 13.3. The number of aromatic nitrogens is 2. The molecular formula is C20H26N4O2. The number of aliphatic hydroxyl groups excluding tert-OH is 1. The number of rotatable bonds is 4. The minimum atomic E-state index is -0.295. The van der Waals surface area contributed by atoms with E-state index in [9.17, 15) is 5.11 Å². The predicted octanol–water partition coefficient (Wildman–Crippen LogP) is 2.44. The van der Waals surface area contributed by atoms with Crippen molar-refractivity contribution in [3.8, 4) is 0 Å². The Bertz CT molecular complexity index is 709. The van der Waals surface area contributed by atoms with E-state index in [-0.39, 0.29) is 11.5 Å². The normalized spacial score (nSPS) is 23.7. The summed E-state index contributed by atoms with van der Waals surface area (Å²) in [6.45, 7) is 4.66. The molecule has 2 aromatic rings. The van der Waals surface area contributed by atoms with E-state index in [1.165, 1.54) is 0 Å². The van der Waals surface area contributed by atoms with Crippen LogP contribution >= 0.6 is 0 Å². The van der Waals surface area contributed by atoms with E-state index in [0.29, 0.717) is 6.54 Å². The molecule has 1 N–H and O–H groups in total. The van der Waals surface area contributed by atoms with Crippen LogP contribution in [0.15, 0.2) is 47.5 Å². The fraction of sp³-hybridized carbons (Fsp3) is 0.500. The van der Waals surface area contributed by atoms with Crippen molar-refractivity contribution >= 4 is 11.9 Å². The quantitative estimate of drug-likeness (QED) is 0.910. The Hall–Kier alpha value is -2.18. The minimum absolute atomic E-state index is 0.177. The Morgan fingerprint density at radius 2 is 2.19 bits per heavy atom. The molecule has 2 saturated heterocycles. The summed E-state index contributed by atoms with van der Waals surface area (Å²) in [5.41, 5.74) is 0.177. The predicted molar refractivity (Wildman–Crippen MR) is 101 cm³/mol. The third-order valence-electron chi connectivity index (χ3n) is 5.61. The van der Waals surface area contributed by atoms with E-state index in [2.05, 4.69) is 25.8 Å². The lowest BCUT2D eigenvalue weighted by Gasteiger charge is -2.49. The van der Waals surface area contributed by atoms with E-state index >= 15 is 0 Å². The molecule has 4 rings (SSSR count). The van der Waals surface area contributed by atoms with Gasteiger partial charge in [-0.1, -0.05) is 6.08 Å². The van der Waals surface area contributed by atoms with E-state index < -0.39 is 0 Å². The lowest BCUT2D eigenvalue weighted by Crippen LogP contribution is -2.54. The Balaban J connectivity index is 1.34. The van der Waals surface area contributed by atoms with Gasteiger partial charge in [0, 0.05) is 32.0 Å². The number of piperidine rings is 2. The smallest absolute Gasteiger partial charge is 0.147 e. The first-order valence-corrected chi connectivity index (χ1v) is 9.34. The maximum atomic E-state index is 10.4. The standard InChI is InChI=1S/C20H26N4O2/c25-17-13-20(16-24(15-17)19-14-21-7-8-22-19)5-10-23(11-6-20)9-1-3-18-4-2-12-26-18/h1-4,7-8,12,14,17,25H,5-6,9-11,13,15-16H2/b3-1+. The average Bonchev–Trinajstić information content (AvgIpc) is 3.17. The molecule has 1 unspecified atom stereocenters. The molecule has 2 aliphatic heterocycles. The third kappa shape index (κ3) is 3.97. The van der Waals surface area contributed by atoms with Crippen LogP contribution in [0.4, 0.5) is 5.82 Å². The summed E-state index contributed by atoms with van der Waals surface area (Å²) in [5, 5.41) is 10.4. The van der Waals surface area contributed by atoms with E-state index in [0.717, 1.165) is 57.0 Å². The van der Waals surface area contributed by atoms with Gasteiger partial charge in [-0.3, -0.25) is 9.88 Å². The van der Waals surface area contributed by atoms with Crippen LogP contribution in [0, 0.1) is 5.41 Å². The highest BCUT2D eigenvalue weighted by atomic mass is 16.3. The highest BCUT2D eigenvalue weighted by molar-refractivity contribution is 5.42. The van der Waals surface area contributed by atoms with Crippen LogP contribution < -0.4 is 4.90 Å². The molecule has 0 saturated carbocycles. The van der Waals surface area contributed by atoms with Crippen LogP contribution in [-0.4, -0.2) is 58.8 Å². The fourth-order valence-corrected chi connectivity index (χ4v) is 4.26. The van der Waals surface area contributed by atoms with Gasteiger partial charge >= 0.3 is 0 Å². The first-order valence-electron chi connectivity index (χ1n) is 9.34. The molecule has 2 fully saturated rings. The summed E-state index contributed by atoms with van der Waals surface area (Å²) in [5.74, 6) is 1.77. The Labute approximate surface area is 154 Å². The van der Waals surface area contributed by atoms with Crippen LogP contribution in [0.2, 0.25) is 0 Å². The molecule has 2 aliphatic rings. The summed E-state index contributed by atoms with van der Waals surface area (Å²) < 4.78 is 5.33. The lowest BCUT2D eigenvalue weighted by molar-refractivity contribution is 0.0292. The van der Waals surface area contributed by atoms with Gasteiger partial charge < -0.3 is 14.4 Å². The lowest BCUT2D eigenvalue weighted by atomic mass is 9.71. The maximum Gasteiger partial charge on any atom is 0.147 e. The molecule has 4 heterocycles. The van der Waals surface area contributed by atoms with Gasteiger partial charge in [-0.15, -0.1) is 0 Å². The Kier molecular flexibility index (Phi) is 5.04. The number of anilines is 1. The zero-order chi connectivity index (χ0) is 17.8. The molecule has 0 aromatic carbocycles. The van der Waals surface area contributed by atoms with Crippen molar-refractivity contribution in [2.24, 2.45) is 5.41 Å². The fourth-order valence-electron chi connectivity index (χ4n) is 4.26. The van der Waals surface area contributed by atoms with Crippen molar-refractivity contribution in [2.75, 3.05) is 37.6 Å². The summed E-state index contributed by atoms with van der Waals surface area (Å²) >= 11 is 0. The molecule has 0 aliphatic carbocycles.